The quantitative estimate of drug-likeness (QED) is 0.483. The van der Waals surface area contributed by atoms with E-state index >= 15 is 0 Å². The second-order valence-corrected chi connectivity index (χ2v) is 5.76. The molecule has 0 aromatic heterocycles. The minimum atomic E-state index is -0.493. The number of nitro groups is 1. The van der Waals surface area contributed by atoms with Crippen LogP contribution in [0.1, 0.15) is 21.5 Å². The van der Waals surface area contributed by atoms with E-state index in [0.29, 0.717) is 11.3 Å². The fourth-order valence-electron chi connectivity index (χ4n) is 1.96. The van der Waals surface area contributed by atoms with Gasteiger partial charge in [-0.1, -0.05) is 0 Å². The van der Waals surface area contributed by atoms with Gasteiger partial charge in [0.15, 0.2) is 0 Å². The molecule has 2 aromatic carbocycles. The highest BCUT2D eigenvalue weighted by atomic mass is 127. The topological polar surface area (TPSA) is 72.2 Å². The SMILES string of the molecule is Cc1cc(NC(=O)c2ccc([N+](=O)[O-])cc2)cc(C)c1I. The van der Waals surface area contributed by atoms with Gasteiger partial charge in [-0.15, -0.1) is 0 Å². The minimum Gasteiger partial charge on any atom is -0.322 e. The van der Waals surface area contributed by atoms with E-state index in [1.807, 2.05) is 26.0 Å². The molecule has 108 valence electrons. The molecule has 0 bridgehead atoms. The molecule has 6 heteroatoms. The Morgan fingerprint density at radius 2 is 1.67 bits per heavy atom. The number of nitro benzene ring substituents is 1. The van der Waals surface area contributed by atoms with Crippen LogP contribution in [0.15, 0.2) is 36.4 Å². The van der Waals surface area contributed by atoms with Crippen molar-refractivity contribution in [3.8, 4) is 0 Å². The van der Waals surface area contributed by atoms with Gasteiger partial charge in [0.05, 0.1) is 4.92 Å². The van der Waals surface area contributed by atoms with Gasteiger partial charge in [-0.2, -0.15) is 0 Å². The molecule has 2 aromatic rings. The first-order chi connectivity index (χ1) is 9.88. The Kier molecular flexibility index (Phi) is 4.56. The molecule has 0 radical (unpaired) electrons. The maximum atomic E-state index is 12.1. The first-order valence-electron chi connectivity index (χ1n) is 6.21. The molecule has 0 saturated carbocycles. The number of non-ortho nitro benzene ring substituents is 1. The lowest BCUT2D eigenvalue weighted by molar-refractivity contribution is -0.384. The van der Waals surface area contributed by atoms with Crippen LogP contribution in [0.2, 0.25) is 0 Å². The van der Waals surface area contributed by atoms with E-state index in [-0.39, 0.29) is 11.6 Å². The third kappa shape index (κ3) is 3.57. The van der Waals surface area contributed by atoms with Crippen LogP contribution in [0.25, 0.3) is 0 Å². The second-order valence-electron chi connectivity index (χ2n) is 4.68. The lowest BCUT2D eigenvalue weighted by atomic mass is 10.1. The van der Waals surface area contributed by atoms with Gasteiger partial charge in [0.25, 0.3) is 11.6 Å². The van der Waals surface area contributed by atoms with Gasteiger partial charge in [0.1, 0.15) is 0 Å². The van der Waals surface area contributed by atoms with Crippen molar-refractivity contribution >= 4 is 39.9 Å². The van der Waals surface area contributed by atoms with Crippen LogP contribution >= 0.6 is 22.6 Å². The molecule has 0 aliphatic rings. The molecular formula is C15H13IN2O3. The zero-order chi connectivity index (χ0) is 15.6. The van der Waals surface area contributed by atoms with Gasteiger partial charge in [0, 0.05) is 27.0 Å². The monoisotopic (exact) mass is 396 g/mol. The lowest BCUT2D eigenvalue weighted by Gasteiger charge is -2.09. The molecule has 0 heterocycles. The number of anilines is 1. The van der Waals surface area contributed by atoms with Crippen molar-refractivity contribution in [3.05, 3.63) is 66.8 Å². The lowest BCUT2D eigenvalue weighted by Crippen LogP contribution is -2.12. The van der Waals surface area contributed by atoms with Gasteiger partial charge in [0.2, 0.25) is 0 Å². The van der Waals surface area contributed by atoms with Crippen LogP contribution in [-0.4, -0.2) is 10.8 Å². The molecule has 0 aliphatic heterocycles. The normalized spacial score (nSPS) is 10.2. The van der Waals surface area contributed by atoms with E-state index in [4.69, 9.17) is 0 Å². The van der Waals surface area contributed by atoms with Gasteiger partial charge in [-0.3, -0.25) is 14.9 Å². The second kappa shape index (κ2) is 6.21. The van der Waals surface area contributed by atoms with Crippen molar-refractivity contribution in [3.63, 3.8) is 0 Å². The number of hydrogen-bond acceptors (Lipinski definition) is 3. The van der Waals surface area contributed by atoms with Crippen LogP contribution < -0.4 is 5.32 Å². The number of halogens is 1. The molecule has 2 rings (SSSR count). The highest BCUT2D eigenvalue weighted by molar-refractivity contribution is 14.1. The number of nitrogens with one attached hydrogen (secondary N) is 1. The highest BCUT2D eigenvalue weighted by Crippen LogP contribution is 2.22. The Morgan fingerprint density at radius 3 is 2.14 bits per heavy atom. The molecule has 1 N–H and O–H groups in total. The highest BCUT2D eigenvalue weighted by Gasteiger charge is 2.10. The average Bonchev–Trinajstić information content (AvgIpc) is 2.44. The summed E-state index contributed by atoms with van der Waals surface area (Å²) in [5, 5.41) is 13.4. The summed E-state index contributed by atoms with van der Waals surface area (Å²) in [5.41, 5.74) is 3.25. The molecule has 0 fully saturated rings. The summed E-state index contributed by atoms with van der Waals surface area (Å²) >= 11 is 2.26. The third-order valence-corrected chi connectivity index (χ3v) is 4.74. The summed E-state index contributed by atoms with van der Waals surface area (Å²) in [6.45, 7) is 3.96. The molecule has 0 saturated heterocycles. The molecule has 0 spiro atoms. The standard InChI is InChI=1S/C15H13IN2O3/c1-9-7-12(8-10(2)14(9)16)17-15(19)11-3-5-13(6-4-11)18(20)21/h3-8H,1-2H3,(H,17,19). The third-order valence-electron chi connectivity index (χ3n) is 3.03. The van der Waals surface area contributed by atoms with Crippen molar-refractivity contribution in [2.45, 2.75) is 13.8 Å². The van der Waals surface area contributed by atoms with Gasteiger partial charge >= 0.3 is 0 Å². The Balaban J connectivity index is 2.20. The average molecular weight is 396 g/mol. The van der Waals surface area contributed by atoms with Gasteiger partial charge < -0.3 is 5.32 Å². The number of nitrogens with zero attached hydrogens (tertiary/aromatic N) is 1. The molecule has 0 aliphatic carbocycles. The van der Waals surface area contributed by atoms with Crippen LogP contribution in [-0.2, 0) is 0 Å². The molecule has 1 amide bonds. The summed E-state index contributed by atoms with van der Waals surface area (Å²) in [7, 11) is 0. The molecule has 5 nitrogen and oxygen atoms in total. The number of benzene rings is 2. The first kappa shape index (κ1) is 15.4. The van der Waals surface area contributed by atoms with Crippen molar-refractivity contribution in [1.82, 2.24) is 0 Å². The Labute approximate surface area is 135 Å². The van der Waals surface area contributed by atoms with E-state index in [1.54, 1.807) is 0 Å². The summed E-state index contributed by atoms with van der Waals surface area (Å²) in [6, 6.07) is 9.33. The maximum absolute atomic E-state index is 12.1. The first-order valence-corrected chi connectivity index (χ1v) is 7.29. The van der Waals surface area contributed by atoms with Crippen LogP contribution in [0.3, 0.4) is 0 Å². The van der Waals surface area contributed by atoms with Crippen molar-refractivity contribution < 1.29 is 9.72 Å². The predicted octanol–water partition coefficient (Wildman–Crippen LogP) is 4.07. The Hall–Kier alpha value is -1.96. The van der Waals surface area contributed by atoms with Gasteiger partial charge in [-0.05, 0) is 71.8 Å². The number of carbonyl (C=O) groups excluding carboxylic acids is 1. The van der Waals surface area contributed by atoms with Crippen molar-refractivity contribution in [1.29, 1.82) is 0 Å². The summed E-state index contributed by atoms with van der Waals surface area (Å²) in [6.07, 6.45) is 0. The Morgan fingerprint density at radius 1 is 1.14 bits per heavy atom. The zero-order valence-corrected chi connectivity index (χ0v) is 13.7. The Bertz CT molecular complexity index is 688. The summed E-state index contributed by atoms with van der Waals surface area (Å²) in [5.74, 6) is -0.287. The van der Waals surface area contributed by atoms with E-state index in [1.165, 1.54) is 27.8 Å². The molecular weight excluding hydrogens is 383 g/mol. The molecule has 0 unspecified atom stereocenters. The summed E-state index contributed by atoms with van der Waals surface area (Å²) in [4.78, 5) is 22.2. The number of rotatable bonds is 3. The fraction of sp³-hybridized carbons (Fsp3) is 0.133. The van der Waals surface area contributed by atoms with E-state index < -0.39 is 4.92 Å². The smallest absolute Gasteiger partial charge is 0.269 e. The van der Waals surface area contributed by atoms with E-state index in [0.717, 1.165) is 11.1 Å². The number of amides is 1. The van der Waals surface area contributed by atoms with Crippen LogP contribution in [0, 0.1) is 27.5 Å². The van der Waals surface area contributed by atoms with E-state index in [2.05, 4.69) is 27.9 Å². The maximum Gasteiger partial charge on any atom is 0.269 e. The largest absolute Gasteiger partial charge is 0.322 e. The minimum absolute atomic E-state index is 0.0347. The van der Waals surface area contributed by atoms with Crippen molar-refractivity contribution in [2.24, 2.45) is 0 Å². The fourth-order valence-corrected chi connectivity index (χ4v) is 2.27. The molecule has 0 atom stereocenters. The van der Waals surface area contributed by atoms with Crippen molar-refractivity contribution in [2.75, 3.05) is 5.32 Å². The summed E-state index contributed by atoms with van der Waals surface area (Å²) < 4.78 is 1.17. The number of hydrogen-bond donors (Lipinski definition) is 1. The van der Waals surface area contributed by atoms with Crippen LogP contribution in [0.4, 0.5) is 11.4 Å². The number of aryl methyl sites for hydroxylation is 2. The number of carbonyl (C=O) groups is 1. The predicted molar refractivity (Wildman–Crippen MR) is 89.7 cm³/mol. The van der Waals surface area contributed by atoms with Gasteiger partial charge in [-0.25, -0.2) is 0 Å². The zero-order valence-electron chi connectivity index (χ0n) is 11.5. The van der Waals surface area contributed by atoms with E-state index in [9.17, 15) is 14.9 Å². The molecule has 21 heavy (non-hydrogen) atoms. The van der Waals surface area contributed by atoms with Crippen LogP contribution in [0.5, 0.6) is 0 Å².